The van der Waals surface area contributed by atoms with Gasteiger partial charge in [-0.15, -0.1) is 0 Å². The van der Waals surface area contributed by atoms with Crippen molar-refractivity contribution in [2.24, 2.45) is 0 Å². The first-order chi connectivity index (χ1) is 7.20. The van der Waals surface area contributed by atoms with Crippen LogP contribution in [0.1, 0.15) is 5.76 Å². The van der Waals surface area contributed by atoms with Crippen LogP contribution in [0.15, 0.2) is 45.8 Å². The highest BCUT2D eigenvalue weighted by atomic mass is 16.4. The molecule has 0 aliphatic rings. The lowest BCUT2D eigenvalue weighted by molar-refractivity contribution is 0.413. The van der Waals surface area contributed by atoms with Crippen LogP contribution in [0.25, 0.3) is 11.1 Å². The summed E-state index contributed by atoms with van der Waals surface area (Å²) < 4.78 is 5.07. The number of hydrogen-bond acceptors (Lipinski definition) is 3. The van der Waals surface area contributed by atoms with E-state index in [-0.39, 0.29) is 11.5 Å². The Kier molecular flexibility index (Phi) is 2.29. The summed E-state index contributed by atoms with van der Waals surface area (Å²) in [5.74, 6) is -0.0870. The quantitative estimate of drug-likeness (QED) is 0.772. The standard InChI is InChI=1S/C12H10O3/c1-8-11(13)12(14)10(7-15-8)9-5-3-2-4-6-9/h2-7,13H,1H3. The molecule has 1 heterocycles. The summed E-state index contributed by atoms with van der Waals surface area (Å²) in [6, 6.07) is 9.10. The van der Waals surface area contributed by atoms with Crippen LogP contribution in [0.5, 0.6) is 5.75 Å². The molecule has 1 aromatic heterocycles. The molecule has 2 aromatic rings. The van der Waals surface area contributed by atoms with E-state index in [0.29, 0.717) is 5.56 Å². The Morgan fingerprint density at radius 2 is 1.87 bits per heavy atom. The van der Waals surface area contributed by atoms with Crippen molar-refractivity contribution < 1.29 is 9.52 Å². The summed E-state index contributed by atoms with van der Waals surface area (Å²) in [6.07, 6.45) is 1.37. The molecule has 15 heavy (non-hydrogen) atoms. The third kappa shape index (κ3) is 1.64. The Labute approximate surface area is 86.6 Å². The molecule has 0 atom stereocenters. The van der Waals surface area contributed by atoms with Gasteiger partial charge in [-0.2, -0.15) is 0 Å². The highest BCUT2D eigenvalue weighted by Crippen LogP contribution is 2.19. The summed E-state index contributed by atoms with van der Waals surface area (Å²) in [4.78, 5) is 11.7. The van der Waals surface area contributed by atoms with Gasteiger partial charge < -0.3 is 9.52 Å². The van der Waals surface area contributed by atoms with Crippen LogP contribution in [0, 0.1) is 6.92 Å². The van der Waals surface area contributed by atoms with E-state index >= 15 is 0 Å². The van der Waals surface area contributed by atoms with Crippen molar-refractivity contribution in [1.29, 1.82) is 0 Å². The van der Waals surface area contributed by atoms with Crippen molar-refractivity contribution in [1.82, 2.24) is 0 Å². The first-order valence-electron chi connectivity index (χ1n) is 4.57. The molecular formula is C12H10O3. The smallest absolute Gasteiger partial charge is 0.234 e. The largest absolute Gasteiger partial charge is 0.502 e. The lowest BCUT2D eigenvalue weighted by atomic mass is 10.1. The van der Waals surface area contributed by atoms with Crippen molar-refractivity contribution in [3.8, 4) is 16.9 Å². The summed E-state index contributed by atoms with van der Waals surface area (Å²) in [7, 11) is 0. The highest BCUT2D eigenvalue weighted by Gasteiger charge is 2.10. The van der Waals surface area contributed by atoms with E-state index in [1.165, 1.54) is 6.26 Å². The zero-order valence-corrected chi connectivity index (χ0v) is 8.23. The maximum Gasteiger partial charge on any atom is 0.234 e. The molecule has 0 saturated heterocycles. The molecule has 3 nitrogen and oxygen atoms in total. The Balaban J connectivity index is 2.66. The van der Waals surface area contributed by atoms with Crippen LogP contribution in [0.4, 0.5) is 0 Å². The molecule has 0 amide bonds. The average Bonchev–Trinajstić information content (AvgIpc) is 2.27. The van der Waals surface area contributed by atoms with Gasteiger partial charge in [-0.1, -0.05) is 30.3 Å². The lowest BCUT2D eigenvalue weighted by Gasteiger charge is -2.01. The highest BCUT2D eigenvalue weighted by molar-refractivity contribution is 5.63. The fraction of sp³-hybridized carbons (Fsp3) is 0.0833. The van der Waals surface area contributed by atoms with E-state index in [1.807, 2.05) is 18.2 Å². The lowest BCUT2D eigenvalue weighted by Crippen LogP contribution is -2.04. The van der Waals surface area contributed by atoms with Gasteiger partial charge in [-0.3, -0.25) is 4.79 Å². The van der Waals surface area contributed by atoms with Gasteiger partial charge in [-0.05, 0) is 12.5 Å². The Morgan fingerprint density at radius 3 is 2.53 bits per heavy atom. The van der Waals surface area contributed by atoms with Gasteiger partial charge in [0.25, 0.3) is 0 Å². The second-order valence-corrected chi connectivity index (χ2v) is 3.25. The number of hydrogen-bond donors (Lipinski definition) is 1. The fourth-order valence-electron chi connectivity index (χ4n) is 1.36. The van der Waals surface area contributed by atoms with Gasteiger partial charge in [0.1, 0.15) is 12.0 Å². The molecule has 0 bridgehead atoms. The minimum absolute atomic E-state index is 0.236. The molecule has 0 aliphatic heterocycles. The van der Waals surface area contributed by atoms with Crippen molar-refractivity contribution in [2.45, 2.75) is 6.92 Å². The third-order valence-corrected chi connectivity index (χ3v) is 2.23. The van der Waals surface area contributed by atoms with Crippen LogP contribution in [0.3, 0.4) is 0 Å². The Morgan fingerprint density at radius 1 is 1.20 bits per heavy atom. The first-order valence-corrected chi connectivity index (χ1v) is 4.57. The SMILES string of the molecule is Cc1occ(-c2ccccc2)c(=O)c1O. The fourth-order valence-corrected chi connectivity index (χ4v) is 1.36. The van der Waals surface area contributed by atoms with Gasteiger partial charge in [0, 0.05) is 0 Å². The molecule has 1 N–H and O–H groups in total. The number of aryl methyl sites for hydroxylation is 1. The van der Waals surface area contributed by atoms with E-state index < -0.39 is 5.43 Å². The van der Waals surface area contributed by atoms with Gasteiger partial charge in [-0.25, -0.2) is 0 Å². The molecule has 1 aromatic carbocycles. The number of aromatic hydroxyl groups is 1. The Hall–Kier alpha value is -2.03. The van der Waals surface area contributed by atoms with E-state index in [2.05, 4.69) is 0 Å². The van der Waals surface area contributed by atoms with Crippen LogP contribution < -0.4 is 5.43 Å². The molecule has 2 rings (SSSR count). The summed E-state index contributed by atoms with van der Waals surface area (Å²) in [6.45, 7) is 1.55. The van der Waals surface area contributed by atoms with Gasteiger partial charge in [0.2, 0.25) is 11.2 Å². The van der Waals surface area contributed by atoms with Gasteiger partial charge >= 0.3 is 0 Å². The molecule has 0 spiro atoms. The van der Waals surface area contributed by atoms with E-state index in [4.69, 9.17) is 4.42 Å². The number of rotatable bonds is 1. The zero-order chi connectivity index (χ0) is 10.8. The predicted molar refractivity (Wildman–Crippen MR) is 56.8 cm³/mol. The maximum atomic E-state index is 11.7. The van der Waals surface area contributed by atoms with E-state index in [0.717, 1.165) is 5.56 Å². The zero-order valence-electron chi connectivity index (χ0n) is 8.23. The van der Waals surface area contributed by atoms with Gasteiger partial charge in [0.15, 0.2) is 0 Å². The molecule has 0 fully saturated rings. The van der Waals surface area contributed by atoms with Crippen molar-refractivity contribution in [3.63, 3.8) is 0 Å². The summed E-state index contributed by atoms with van der Waals surface area (Å²) in [5.41, 5.74) is 0.713. The molecule has 0 aliphatic carbocycles. The average molecular weight is 202 g/mol. The van der Waals surface area contributed by atoms with Crippen LogP contribution in [-0.2, 0) is 0 Å². The van der Waals surface area contributed by atoms with Crippen LogP contribution in [-0.4, -0.2) is 5.11 Å². The van der Waals surface area contributed by atoms with Crippen LogP contribution in [0.2, 0.25) is 0 Å². The second-order valence-electron chi connectivity index (χ2n) is 3.25. The third-order valence-electron chi connectivity index (χ3n) is 2.23. The molecule has 76 valence electrons. The van der Waals surface area contributed by atoms with E-state index in [1.54, 1.807) is 19.1 Å². The van der Waals surface area contributed by atoms with E-state index in [9.17, 15) is 9.90 Å². The maximum absolute atomic E-state index is 11.7. The topological polar surface area (TPSA) is 50.4 Å². The monoisotopic (exact) mass is 202 g/mol. The molecule has 0 unspecified atom stereocenters. The van der Waals surface area contributed by atoms with Crippen molar-refractivity contribution in [2.75, 3.05) is 0 Å². The van der Waals surface area contributed by atoms with Crippen molar-refractivity contribution >= 4 is 0 Å². The molecule has 0 saturated carbocycles. The molecular weight excluding hydrogens is 192 g/mol. The Bertz CT molecular complexity index is 526. The first kappa shape index (κ1) is 9.52. The molecule has 0 radical (unpaired) electrons. The van der Waals surface area contributed by atoms with Crippen molar-refractivity contribution in [3.05, 3.63) is 52.6 Å². The molecule has 3 heteroatoms. The second kappa shape index (κ2) is 3.61. The minimum Gasteiger partial charge on any atom is -0.502 e. The van der Waals surface area contributed by atoms with Gasteiger partial charge in [0.05, 0.1) is 5.56 Å². The van der Waals surface area contributed by atoms with Crippen LogP contribution >= 0.6 is 0 Å². The summed E-state index contributed by atoms with van der Waals surface area (Å²) in [5, 5.41) is 9.44. The predicted octanol–water partition coefficient (Wildman–Crippen LogP) is 2.32. The minimum atomic E-state index is -0.398. The normalized spacial score (nSPS) is 10.2. The number of benzene rings is 1. The summed E-state index contributed by atoms with van der Waals surface area (Å²) >= 11 is 0.